The van der Waals surface area contributed by atoms with Gasteiger partial charge >= 0.3 is 5.69 Å². The van der Waals surface area contributed by atoms with E-state index in [-0.39, 0.29) is 24.2 Å². The lowest BCUT2D eigenvalue weighted by atomic mass is 10.3. The van der Waals surface area contributed by atoms with E-state index in [1.54, 1.807) is 17.0 Å². The number of aromatic nitrogens is 2. The van der Waals surface area contributed by atoms with E-state index >= 15 is 0 Å². The molecule has 0 atom stereocenters. The van der Waals surface area contributed by atoms with E-state index in [0.717, 1.165) is 26.2 Å². The number of imidazole rings is 1. The van der Waals surface area contributed by atoms with E-state index in [0.29, 0.717) is 0 Å². The van der Waals surface area contributed by atoms with Crippen LogP contribution in [0.5, 0.6) is 0 Å². The van der Waals surface area contributed by atoms with Gasteiger partial charge in [0.1, 0.15) is 6.54 Å². The lowest BCUT2D eigenvalue weighted by Gasteiger charge is -2.32. The Morgan fingerprint density at radius 1 is 1.21 bits per heavy atom. The molecule has 1 aromatic rings. The molecule has 0 radical (unpaired) electrons. The summed E-state index contributed by atoms with van der Waals surface area (Å²) in [5.74, 6) is 0.0247. The minimum atomic E-state index is -0.113. The van der Waals surface area contributed by atoms with E-state index in [2.05, 4.69) is 11.9 Å². The smallest absolute Gasteiger partial charge is 0.328 e. The van der Waals surface area contributed by atoms with Crippen molar-refractivity contribution < 1.29 is 4.79 Å². The molecule has 0 saturated carbocycles. The average molecular weight is 266 g/mol. The van der Waals surface area contributed by atoms with E-state index in [1.165, 1.54) is 4.57 Å². The first-order valence-corrected chi connectivity index (χ1v) is 6.72. The average Bonchev–Trinajstić information content (AvgIpc) is 2.72. The number of likely N-dealkylation sites (N-methyl/N-ethyl adjacent to an activating group) is 1. The lowest BCUT2D eigenvalue weighted by Crippen LogP contribution is -2.48. The van der Waals surface area contributed by atoms with Crippen molar-refractivity contribution in [2.24, 2.45) is 0 Å². The Balaban J connectivity index is 2.01. The molecule has 0 spiro atoms. The molecule has 2 rings (SSSR count). The molecule has 106 valence electrons. The molecule has 1 saturated heterocycles. The van der Waals surface area contributed by atoms with E-state index in [9.17, 15) is 9.59 Å². The van der Waals surface area contributed by atoms with Gasteiger partial charge < -0.3 is 9.80 Å². The third-order valence-corrected chi connectivity index (χ3v) is 3.59. The quantitative estimate of drug-likeness (QED) is 0.774. The van der Waals surface area contributed by atoms with Crippen LogP contribution in [-0.4, -0.2) is 58.1 Å². The lowest BCUT2D eigenvalue weighted by molar-refractivity contribution is -0.133. The summed E-state index contributed by atoms with van der Waals surface area (Å²) in [7, 11) is 2.05. The number of nitrogens with zero attached hydrogens (tertiary/aromatic N) is 4. The van der Waals surface area contributed by atoms with Crippen LogP contribution in [0.1, 0.15) is 19.9 Å². The first-order chi connectivity index (χ1) is 8.99. The summed E-state index contributed by atoms with van der Waals surface area (Å²) in [5, 5.41) is 0. The Kier molecular flexibility index (Phi) is 4.09. The predicted molar refractivity (Wildman–Crippen MR) is 73.2 cm³/mol. The molecule has 1 amide bonds. The second kappa shape index (κ2) is 5.61. The molecular formula is C13H22N4O2. The van der Waals surface area contributed by atoms with Gasteiger partial charge in [0.05, 0.1) is 0 Å². The monoisotopic (exact) mass is 266 g/mol. The number of hydrogen-bond donors (Lipinski definition) is 0. The fraction of sp³-hybridized carbons (Fsp3) is 0.692. The maximum Gasteiger partial charge on any atom is 0.328 e. The summed E-state index contributed by atoms with van der Waals surface area (Å²) in [5.41, 5.74) is -0.113. The molecule has 0 N–H and O–H groups in total. The van der Waals surface area contributed by atoms with Crippen LogP contribution in [0.3, 0.4) is 0 Å². The number of amides is 1. The van der Waals surface area contributed by atoms with Gasteiger partial charge in [0, 0.05) is 44.6 Å². The Bertz CT molecular complexity index is 495. The highest BCUT2D eigenvalue weighted by Crippen LogP contribution is 2.02. The van der Waals surface area contributed by atoms with Gasteiger partial charge in [-0.1, -0.05) is 0 Å². The van der Waals surface area contributed by atoms with Crippen LogP contribution in [0.2, 0.25) is 0 Å². The highest BCUT2D eigenvalue weighted by Gasteiger charge is 2.20. The first-order valence-electron chi connectivity index (χ1n) is 6.72. The van der Waals surface area contributed by atoms with Crippen LogP contribution in [0.25, 0.3) is 0 Å². The van der Waals surface area contributed by atoms with Crippen molar-refractivity contribution in [3.8, 4) is 0 Å². The molecule has 2 heterocycles. The summed E-state index contributed by atoms with van der Waals surface area (Å²) in [6.45, 7) is 7.33. The molecule has 19 heavy (non-hydrogen) atoms. The standard InChI is InChI=1S/C13H22N4O2/c1-11(2)17-9-8-16(13(17)19)10-12(18)15-6-4-14(3)5-7-15/h8-9,11H,4-7,10H2,1-3H3. The summed E-state index contributed by atoms with van der Waals surface area (Å²) in [4.78, 5) is 28.2. The maximum absolute atomic E-state index is 12.1. The van der Waals surface area contributed by atoms with E-state index in [4.69, 9.17) is 0 Å². The van der Waals surface area contributed by atoms with Crippen molar-refractivity contribution in [3.63, 3.8) is 0 Å². The van der Waals surface area contributed by atoms with Crippen LogP contribution in [0.15, 0.2) is 17.2 Å². The first kappa shape index (κ1) is 13.9. The van der Waals surface area contributed by atoms with Crippen molar-refractivity contribution in [2.75, 3.05) is 33.2 Å². The second-order valence-electron chi connectivity index (χ2n) is 5.39. The van der Waals surface area contributed by atoms with Gasteiger partial charge in [-0.2, -0.15) is 0 Å². The van der Waals surface area contributed by atoms with E-state index in [1.807, 2.05) is 18.7 Å². The highest BCUT2D eigenvalue weighted by molar-refractivity contribution is 5.76. The number of hydrogen-bond acceptors (Lipinski definition) is 3. The van der Waals surface area contributed by atoms with Gasteiger partial charge in [-0.25, -0.2) is 4.79 Å². The maximum atomic E-state index is 12.1. The molecule has 6 nitrogen and oxygen atoms in total. The Morgan fingerprint density at radius 3 is 2.37 bits per heavy atom. The molecule has 1 aliphatic heterocycles. The molecule has 0 unspecified atom stereocenters. The minimum Gasteiger partial charge on any atom is -0.339 e. The molecule has 1 aromatic heterocycles. The van der Waals surface area contributed by atoms with Crippen LogP contribution in [0, 0.1) is 0 Å². The zero-order valence-corrected chi connectivity index (χ0v) is 11.9. The molecule has 0 bridgehead atoms. The highest BCUT2D eigenvalue weighted by atomic mass is 16.2. The van der Waals surface area contributed by atoms with Crippen molar-refractivity contribution in [3.05, 3.63) is 22.9 Å². The van der Waals surface area contributed by atoms with Crippen LogP contribution < -0.4 is 5.69 Å². The minimum absolute atomic E-state index is 0.0247. The Morgan fingerprint density at radius 2 is 1.84 bits per heavy atom. The van der Waals surface area contributed by atoms with Crippen LogP contribution in [-0.2, 0) is 11.3 Å². The predicted octanol–water partition coefficient (Wildman–Crippen LogP) is 0.00470. The SMILES string of the molecule is CC(C)n1ccn(CC(=O)N2CCN(C)CC2)c1=O. The van der Waals surface area contributed by atoms with Crippen molar-refractivity contribution >= 4 is 5.91 Å². The number of rotatable bonds is 3. The Hall–Kier alpha value is -1.56. The third kappa shape index (κ3) is 3.07. The largest absolute Gasteiger partial charge is 0.339 e. The zero-order chi connectivity index (χ0) is 14.0. The molecule has 0 aliphatic carbocycles. The zero-order valence-electron chi connectivity index (χ0n) is 11.9. The van der Waals surface area contributed by atoms with Crippen LogP contribution >= 0.6 is 0 Å². The summed E-state index contributed by atoms with van der Waals surface area (Å²) >= 11 is 0. The summed E-state index contributed by atoms with van der Waals surface area (Å²) < 4.78 is 3.12. The van der Waals surface area contributed by atoms with Crippen molar-refractivity contribution in [1.29, 1.82) is 0 Å². The molecule has 1 aliphatic rings. The summed E-state index contributed by atoms with van der Waals surface area (Å²) in [6.07, 6.45) is 3.43. The third-order valence-electron chi connectivity index (χ3n) is 3.59. The molecular weight excluding hydrogens is 244 g/mol. The number of piperazine rings is 1. The summed E-state index contributed by atoms with van der Waals surface area (Å²) in [6, 6.07) is 0.118. The number of carbonyl (C=O) groups is 1. The van der Waals surface area contributed by atoms with Crippen LogP contribution in [0.4, 0.5) is 0 Å². The molecule has 0 aromatic carbocycles. The van der Waals surface area contributed by atoms with Gasteiger partial charge in [-0.15, -0.1) is 0 Å². The fourth-order valence-electron chi connectivity index (χ4n) is 2.24. The Labute approximate surface area is 113 Å². The fourth-order valence-corrected chi connectivity index (χ4v) is 2.24. The van der Waals surface area contributed by atoms with Gasteiger partial charge in [0.2, 0.25) is 5.91 Å². The van der Waals surface area contributed by atoms with E-state index < -0.39 is 0 Å². The van der Waals surface area contributed by atoms with Gasteiger partial charge in [0.15, 0.2) is 0 Å². The van der Waals surface area contributed by atoms with Gasteiger partial charge in [0.25, 0.3) is 0 Å². The normalized spacial score (nSPS) is 17.2. The van der Waals surface area contributed by atoms with Gasteiger partial charge in [-0.05, 0) is 20.9 Å². The molecule has 1 fully saturated rings. The van der Waals surface area contributed by atoms with Gasteiger partial charge in [-0.3, -0.25) is 13.9 Å². The van der Waals surface area contributed by atoms with Crippen molar-refractivity contribution in [1.82, 2.24) is 18.9 Å². The second-order valence-corrected chi connectivity index (χ2v) is 5.39. The van der Waals surface area contributed by atoms with Crippen molar-refractivity contribution in [2.45, 2.75) is 26.4 Å². The number of carbonyl (C=O) groups excluding carboxylic acids is 1. The topological polar surface area (TPSA) is 50.5 Å². The molecule has 6 heteroatoms.